The minimum atomic E-state index is -1.20. The third-order valence-electron chi connectivity index (χ3n) is 2.28. The Labute approximate surface area is 122 Å². The lowest BCUT2D eigenvalue weighted by atomic mass is 10.3. The van der Waals surface area contributed by atoms with Crippen molar-refractivity contribution < 1.29 is 28.6 Å². The van der Waals surface area contributed by atoms with Gasteiger partial charge in [-0.05, 0) is 26.0 Å². The van der Waals surface area contributed by atoms with Gasteiger partial charge in [-0.25, -0.2) is 14.4 Å². The highest BCUT2D eigenvalue weighted by Crippen LogP contribution is 2.08. The fourth-order valence-electron chi connectivity index (χ4n) is 1.19. The summed E-state index contributed by atoms with van der Waals surface area (Å²) >= 11 is 0. The van der Waals surface area contributed by atoms with Crippen LogP contribution in [0.1, 0.15) is 13.8 Å². The standard InChI is InChI=1S/C15H16O6/c1-10(2)14(17)20-11(3)15(18)21-13(16)9-19-12-7-5-4-6-8-12/h4-8,11H,1,9H2,2-3H3. The smallest absolute Gasteiger partial charge is 0.354 e. The maximum Gasteiger partial charge on any atom is 0.354 e. The van der Waals surface area contributed by atoms with E-state index in [4.69, 9.17) is 9.47 Å². The van der Waals surface area contributed by atoms with Crippen molar-refractivity contribution in [3.8, 4) is 5.75 Å². The summed E-state index contributed by atoms with van der Waals surface area (Å²) in [7, 11) is 0. The summed E-state index contributed by atoms with van der Waals surface area (Å²) in [4.78, 5) is 34.2. The van der Waals surface area contributed by atoms with Crippen molar-refractivity contribution in [3.63, 3.8) is 0 Å². The zero-order valence-corrected chi connectivity index (χ0v) is 11.8. The Morgan fingerprint density at radius 2 is 1.81 bits per heavy atom. The van der Waals surface area contributed by atoms with Gasteiger partial charge in [0.2, 0.25) is 0 Å². The summed E-state index contributed by atoms with van der Waals surface area (Å²) in [5.74, 6) is -2.09. The monoisotopic (exact) mass is 292 g/mol. The van der Waals surface area contributed by atoms with Crippen LogP contribution in [0.2, 0.25) is 0 Å². The molecule has 6 heteroatoms. The van der Waals surface area contributed by atoms with Gasteiger partial charge < -0.3 is 14.2 Å². The number of hydrogen-bond acceptors (Lipinski definition) is 6. The Morgan fingerprint density at radius 1 is 1.19 bits per heavy atom. The van der Waals surface area contributed by atoms with Crippen LogP contribution in [-0.4, -0.2) is 30.6 Å². The average molecular weight is 292 g/mol. The van der Waals surface area contributed by atoms with Crippen LogP contribution in [0.4, 0.5) is 0 Å². The van der Waals surface area contributed by atoms with Gasteiger partial charge in [-0.1, -0.05) is 24.8 Å². The van der Waals surface area contributed by atoms with Gasteiger partial charge in [0.25, 0.3) is 0 Å². The number of esters is 3. The summed E-state index contributed by atoms with van der Waals surface area (Å²) in [6, 6.07) is 8.60. The predicted octanol–water partition coefficient (Wildman–Crippen LogP) is 1.64. The maximum atomic E-state index is 11.5. The van der Waals surface area contributed by atoms with Crippen LogP contribution >= 0.6 is 0 Å². The second kappa shape index (κ2) is 7.84. The molecule has 0 saturated heterocycles. The molecule has 1 atom stereocenters. The zero-order chi connectivity index (χ0) is 15.8. The highest BCUT2D eigenvalue weighted by atomic mass is 16.6. The number of carbonyl (C=O) groups is 3. The highest BCUT2D eigenvalue weighted by Gasteiger charge is 2.22. The van der Waals surface area contributed by atoms with E-state index in [0.29, 0.717) is 5.75 Å². The van der Waals surface area contributed by atoms with Gasteiger partial charge >= 0.3 is 17.9 Å². The van der Waals surface area contributed by atoms with Crippen LogP contribution in [0.15, 0.2) is 42.5 Å². The van der Waals surface area contributed by atoms with Gasteiger partial charge in [0.05, 0.1) is 0 Å². The van der Waals surface area contributed by atoms with E-state index in [-0.39, 0.29) is 5.57 Å². The highest BCUT2D eigenvalue weighted by molar-refractivity contribution is 5.92. The number of rotatable bonds is 6. The molecule has 0 saturated carbocycles. The van der Waals surface area contributed by atoms with Crippen molar-refractivity contribution in [2.75, 3.05) is 6.61 Å². The van der Waals surface area contributed by atoms with Crippen molar-refractivity contribution in [3.05, 3.63) is 42.5 Å². The second-order valence-electron chi connectivity index (χ2n) is 4.22. The summed E-state index contributed by atoms with van der Waals surface area (Å²) in [6.45, 7) is 5.70. The topological polar surface area (TPSA) is 78.9 Å². The first-order valence-electron chi connectivity index (χ1n) is 6.19. The molecular formula is C15H16O6. The Bertz CT molecular complexity index is 534. The third kappa shape index (κ3) is 5.90. The second-order valence-corrected chi connectivity index (χ2v) is 4.22. The van der Waals surface area contributed by atoms with Crippen molar-refractivity contribution in [1.29, 1.82) is 0 Å². The SMILES string of the molecule is C=C(C)C(=O)OC(C)C(=O)OC(=O)COc1ccccc1. The zero-order valence-electron chi connectivity index (χ0n) is 11.8. The largest absolute Gasteiger partial charge is 0.482 e. The number of ether oxygens (including phenoxy) is 3. The quantitative estimate of drug-likeness (QED) is 0.450. The Morgan fingerprint density at radius 3 is 2.38 bits per heavy atom. The van der Waals surface area contributed by atoms with Crippen LogP contribution < -0.4 is 4.74 Å². The van der Waals surface area contributed by atoms with Crippen LogP contribution in [0, 0.1) is 0 Å². The summed E-state index contributed by atoms with van der Waals surface area (Å²) < 4.78 is 14.4. The normalized spacial score (nSPS) is 11.1. The molecule has 1 unspecified atom stereocenters. The van der Waals surface area contributed by atoms with E-state index in [1.165, 1.54) is 13.8 Å². The molecule has 0 amide bonds. The molecule has 0 aromatic heterocycles. The molecule has 0 radical (unpaired) electrons. The fourth-order valence-corrected chi connectivity index (χ4v) is 1.19. The summed E-state index contributed by atoms with van der Waals surface area (Å²) in [6.07, 6.45) is -1.20. The van der Waals surface area contributed by atoms with Crippen molar-refractivity contribution >= 4 is 17.9 Å². The maximum absolute atomic E-state index is 11.5. The first kappa shape index (κ1) is 16.4. The molecule has 0 aliphatic carbocycles. The van der Waals surface area contributed by atoms with Crippen LogP contribution in [0.5, 0.6) is 5.75 Å². The number of benzene rings is 1. The molecule has 0 N–H and O–H groups in total. The molecule has 112 valence electrons. The minimum absolute atomic E-state index is 0.147. The van der Waals surface area contributed by atoms with E-state index < -0.39 is 30.6 Å². The Kier molecular flexibility index (Phi) is 6.13. The van der Waals surface area contributed by atoms with Gasteiger partial charge in [-0.15, -0.1) is 0 Å². The van der Waals surface area contributed by atoms with Crippen molar-refractivity contribution in [2.45, 2.75) is 20.0 Å². The van der Waals surface area contributed by atoms with Gasteiger partial charge in [0.1, 0.15) is 5.75 Å². The number of para-hydroxylation sites is 1. The van der Waals surface area contributed by atoms with Crippen molar-refractivity contribution in [1.82, 2.24) is 0 Å². The van der Waals surface area contributed by atoms with E-state index in [1.54, 1.807) is 30.3 Å². The lowest BCUT2D eigenvalue weighted by Crippen LogP contribution is -2.30. The summed E-state index contributed by atoms with van der Waals surface area (Å²) in [5.41, 5.74) is 0.147. The first-order chi connectivity index (χ1) is 9.90. The minimum Gasteiger partial charge on any atom is -0.482 e. The van der Waals surface area contributed by atoms with Crippen LogP contribution in [0.3, 0.4) is 0 Å². The lowest BCUT2D eigenvalue weighted by Gasteiger charge is -2.11. The molecule has 0 bridgehead atoms. The van der Waals surface area contributed by atoms with Gasteiger partial charge in [-0.3, -0.25) is 0 Å². The molecule has 1 rings (SSSR count). The molecule has 0 aliphatic heterocycles. The molecule has 0 fully saturated rings. The number of carbonyl (C=O) groups excluding carboxylic acids is 3. The van der Waals surface area contributed by atoms with E-state index >= 15 is 0 Å². The predicted molar refractivity (Wildman–Crippen MR) is 73.4 cm³/mol. The van der Waals surface area contributed by atoms with E-state index in [1.807, 2.05) is 0 Å². The molecular weight excluding hydrogens is 276 g/mol. The van der Waals surface area contributed by atoms with E-state index in [0.717, 1.165) is 0 Å². The third-order valence-corrected chi connectivity index (χ3v) is 2.28. The fraction of sp³-hybridized carbons (Fsp3) is 0.267. The molecule has 0 heterocycles. The first-order valence-corrected chi connectivity index (χ1v) is 6.19. The van der Waals surface area contributed by atoms with Crippen LogP contribution in [0.25, 0.3) is 0 Å². The molecule has 6 nitrogen and oxygen atoms in total. The average Bonchev–Trinajstić information content (AvgIpc) is 2.45. The molecule has 1 aromatic rings. The van der Waals surface area contributed by atoms with Gasteiger partial charge in [-0.2, -0.15) is 0 Å². The van der Waals surface area contributed by atoms with Crippen molar-refractivity contribution in [2.24, 2.45) is 0 Å². The molecule has 1 aromatic carbocycles. The van der Waals surface area contributed by atoms with Gasteiger partial charge in [0, 0.05) is 5.57 Å². The molecule has 21 heavy (non-hydrogen) atoms. The van der Waals surface area contributed by atoms with E-state index in [2.05, 4.69) is 11.3 Å². The van der Waals surface area contributed by atoms with Crippen LogP contribution in [-0.2, 0) is 23.9 Å². The lowest BCUT2D eigenvalue weighted by molar-refractivity contribution is -0.172. The molecule has 0 aliphatic rings. The van der Waals surface area contributed by atoms with Gasteiger partial charge in [0.15, 0.2) is 12.7 Å². The van der Waals surface area contributed by atoms with E-state index in [9.17, 15) is 14.4 Å². The Hall–Kier alpha value is -2.63. The Balaban J connectivity index is 2.38. The number of hydrogen-bond donors (Lipinski definition) is 0. The summed E-state index contributed by atoms with van der Waals surface area (Å²) in [5, 5.41) is 0. The molecule has 0 spiro atoms.